The normalized spacial score (nSPS) is 20.7. The second-order valence-corrected chi connectivity index (χ2v) is 5.06. The van der Waals surface area contributed by atoms with Gasteiger partial charge in [0, 0.05) is 40.0 Å². The van der Waals surface area contributed by atoms with Crippen molar-refractivity contribution in [1.29, 1.82) is 0 Å². The van der Waals surface area contributed by atoms with Crippen LogP contribution in [0.25, 0.3) is 0 Å². The van der Waals surface area contributed by atoms with Crippen LogP contribution in [-0.2, 0) is 9.47 Å². The second-order valence-electron chi connectivity index (χ2n) is 5.06. The number of nitrogens with zero attached hydrogens (tertiary/aromatic N) is 1. The third-order valence-electron chi connectivity index (χ3n) is 3.47. The van der Waals surface area contributed by atoms with Gasteiger partial charge in [-0.1, -0.05) is 0 Å². The van der Waals surface area contributed by atoms with Crippen molar-refractivity contribution >= 4 is 0 Å². The molecule has 108 valence electrons. The molecule has 4 heteroatoms. The lowest BCUT2D eigenvalue weighted by molar-refractivity contribution is 0.143. The van der Waals surface area contributed by atoms with Gasteiger partial charge >= 0.3 is 0 Å². The summed E-state index contributed by atoms with van der Waals surface area (Å²) in [5, 5.41) is 3.51. The number of methoxy groups -OCH3 is 1. The van der Waals surface area contributed by atoms with Gasteiger partial charge in [-0.15, -0.1) is 0 Å². The van der Waals surface area contributed by atoms with Gasteiger partial charge in [-0.25, -0.2) is 0 Å². The largest absolute Gasteiger partial charge is 0.384 e. The summed E-state index contributed by atoms with van der Waals surface area (Å²) in [5.41, 5.74) is 0. The van der Waals surface area contributed by atoms with Gasteiger partial charge in [0.05, 0.1) is 6.61 Å². The van der Waals surface area contributed by atoms with E-state index in [4.69, 9.17) is 9.47 Å². The molecule has 1 aliphatic heterocycles. The average Bonchev–Trinajstić information content (AvgIpc) is 2.81. The number of likely N-dealkylation sites (tertiary alicyclic amines) is 1. The van der Waals surface area contributed by atoms with Crippen LogP contribution in [0.4, 0.5) is 0 Å². The van der Waals surface area contributed by atoms with Crippen molar-refractivity contribution in [3.8, 4) is 0 Å². The number of unbranched alkanes of at least 4 members (excludes halogenated alkanes) is 1. The molecule has 0 spiro atoms. The Morgan fingerprint density at radius 3 is 2.94 bits per heavy atom. The maximum Gasteiger partial charge on any atom is 0.0503 e. The molecule has 0 bridgehead atoms. The van der Waals surface area contributed by atoms with Gasteiger partial charge in [0.2, 0.25) is 0 Å². The van der Waals surface area contributed by atoms with Crippen molar-refractivity contribution in [2.45, 2.75) is 26.2 Å². The predicted molar refractivity (Wildman–Crippen MR) is 75.0 cm³/mol. The molecule has 0 saturated carbocycles. The third-order valence-corrected chi connectivity index (χ3v) is 3.47. The van der Waals surface area contributed by atoms with Crippen LogP contribution in [0.5, 0.6) is 0 Å². The maximum atomic E-state index is 5.31. The van der Waals surface area contributed by atoms with Crippen LogP contribution in [0.3, 0.4) is 0 Å². The van der Waals surface area contributed by atoms with Gasteiger partial charge in [-0.3, -0.25) is 0 Å². The summed E-state index contributed by atoms with van der Waals surface area (Å²) in [7, 11) is 1.80. The monoisotopic (exact) mass is 258 g/mol. The SMILES string of the molecule is CCOCCCCNCCN1CCC(COC)C1. The fourth-order valence-electron chi connectivity index (χ4n) is 2.45. The van der Waals surface area contributed by atoms with Crippen molar-refractivity contribution in [2.24, 2.45) is 5.92 Å². The Bertz CT molecular complexity index is 191. The summed E-state index contributed by atoms with van der Waals surface area (Å²) in [6.45, 7) is 10.5. The average molecular weight is 258 g/mol. The standard InChI is InChI=1S/C14H30N2O2/c1-3-18-11-5-4-7-15-8-10-16-9-6-14(12-16)13-17-2/h14-15H,3-13H2,1-2H3. The van der Waals surface area contributed by atoms with Crippen molar-refractivity contribution in [2.75, 3.05) is 59.7 Å². The molecule has 1 unspecified atom stereocenters. The van der Waals surface area contributed by atoms with Crippen LogP contribution in [0.15, 0.2) is 0 Å². The molecule has 1 rings (SSSR count). The Labute approximate surface area is 112 Å². The molecule has 0 amide bonds. The van der Waals surface area contributed by atoms with E-state index in [0.29, 0.717) is 0 Å². The van der Waals surface area contributed by atoms with Crippen LogP contribution >= 0.6 is 0 Å². The Hall–Kier alpha value is -0.160. The van der Waals surface area contributed by atoms with E-state index in [1.165, 1.54) is 38.9 Å². The van der Waals surface area contributed by atoms with E-state index in [9.17, 15) is 0 Å². The molecule has 1 heterocycles. The van der Waals surface area contributed by atoms with E-state index in [0.717, 1.165) is 38.8 Å². The smallest absolute Gasteiger partial charge is 0.0503 e. The lowest BCUT2D eigenvalue weighted by Gasteiger charge is -2.16. The number of nitrogens with one attached hydrogen (secondary N) is 1. The van der Waals surface area contributed by atoms with Gasteiger partial charge in [0.15, 0.2) is 0 Å². The van der Waals surface area contributed by atoms with Crippen molar-refractivity contribution in [3.05, 3.63) is 0 Å². The molecule has 1 N–H and O–H groups in total. The fourth-order valence-corrected chi connectivity index (χ4v) is 2.45. The zero-order valence-electron chi connectivity index (χ0n) is 12.1. The summed E-state index contributed by atoms with van der Waals surface area (Å²) >= 11 is 0. The summed E-state index contributed by atoms with van der Waals surface area (Å²) in [6.07, 6.45) is 3.68. The van der Waals surface area contributed by atoms with Gasteiger partial charge in [0.25, 0.3) is 0 Å². The highest BCUT2D eigenvalue weighted by Gasteiger charge is 2.21. The first-order chi connectivity index (χ1) is 8.86. The fraction of sp³-hybridized carbons (Fsp3) is 1.00. The number of hydrogen-bond acceptors (Lipinski definition) is 4. The Kier molecular flexibility index (Phi) is 9.48. The molecule has 1 aliphatic rings. The van der Waals surface area contributed by atoms with Crippen LogP contribution in [-0.4, -0.2) is 64.6 Å². The molecule has 0 radical (unpaired) electrons. The summed E-state index contributed by atoms with van der Waals surface area (Å²) < 4.78 is 10.5. The zero-order valence-corrected chi connectivity index (χ0v) is 12.1. The molecule has 1 fully saturated rings. The van der Waals surface area contributed by atoms with E-state index in [1.54, 1.807) is 7.11 Å². The molecule has 0 aromatic heterocycles. The van der Waals surface area contributed by atoms with Crippen LogP contribution in [0, 0.1) is 5.92 Å². The van der Waals surface area contributed by atoms with Gasteiger partial charge in [-0.2, -0.15) is 0 Å². The highest BCUT2D eigenvalue weighted by Crippen LogP contribution is 2.15. The molecule has 4 nitrogen and oxygen atoms in total. The number of ether oxygens (including phenoxy) is 2. The van der Waals surface area contributed by atoms with Gasteiger partial charge < -0.3 is 19.7 Å². The van der Waals surface area contributed by atoms with Crippen molar-refractivity contribution in [3.63, 3.8) is 0 Å². The number of hydrogen-bond donors (Lipinski definition) is 1. The Balaban J connectivity index is 1.84. The molecule has 0 aromatic rings. The Morgan fingerprint density at radius 2 is 2.17 bits per heavy atom. The number of rotatable bonds is 11. The summed E-state index contributed by atoms with van der Waals surface area (Å²) in [5.74, 6) is 0.751. The highest BCUT2D eigenvalue weighted by molar-refractivity contribution is 4.75. The summed E-state index contributed by atoms with van der Waals surface area (Å²) in [6, 6.07) is 0. The van der Waals surface area contributed by atoms with Crippen molar-refractivity contribution < 1.29 is 9.47 Å². The van der Waals surface area contributed by atoms with E-state index in [1.807, 2.05) is 6.92 Å². The topological polar surface area (TPSA) is 33.7 Å². The Morgan fingerprint density at radius 1 is 1.28 bits per heavy atom. The minimum absolute atomic E-state index is 0.751. The molecule has 0 aromatic carbocycles. The quantitative estimate of drug-likeness (QED) is 0.567. The second kappa shape index (κ2) is 10.7. The van der Waals surface area contributed by atoms with Crippen LogP contribution in [0.2, 0.25) is 0 Å². The molecule has 1 saturated heterocycles. The minimum atomic E-state index is 0.751. The van der Waals surface area contributed by atoms with Crippen LogP contribution < -0.4 is 5.32 Å². The molecule has 18 heavy (non-hydrogen) atoms. The third kappa shape index (κ3) is 7.31. The highest BCUT2D eigenvalue weighted by atomic mass is 16.5. The first-order valence-electron chi connectivity index (χ1n) is 7.36. The van der Waals surface area contributed by atoms with E-state index in [2.05, 4.69) is 10.2 Å². The van der Waals surface area contributed by atoms with Gasteiger partial charge in [-0.05, 0) is 45.2 Å². The maximum absolute atomic E-state index is 5.31. The lowest BCUT2D eigenvalue weighted by atomic mass is 10.1. The van der Waals surface area contributed by atoms with E-state index < -0.39 is 0 Å². The minimum Gasteiger partial charge on any atom is -0.384 e. The molecule has 1 atom stereocenters. The lowest BCUT2D eigenvalue weighted by Crippen LogP contribution is -2.31. The summed E-state index contributed by atoms with van der Waals surface area (Å²) in [4.78, 5) is 2.54. The van der Waals surface area contributed by atoms with Crippen LogP contribution in [0.1, 0.15) is 26.2 Å². The predicted octanol–water partition coefficient (Wildman–Crippen LogP) is 1.36. The van der Waals surface area contributed by atoms with Gasteiger partial charge in [0.1, 0.15) is 0 Å². The first kappa shape index (κ1) is 15.9. The molecular formula is C14H30N2O2. The zero-order chi connectivity index (χ0) is 13.1. The first-order valence-corrected chi connectivity index (χ1v) is 7.36. The molecule has 0 aliphatic carbocycles. The van der Waals surface area contributed by atoms with E-state index in [-0.39, 0.29) is 0 Å². The molecular weight excluding hydrogens is 228 g/mol. The van der Waals surface area contributed by atoms with Crippen molar-refractivity contribution in [1.82, 2.24) is 10.2 Å². The van der Waals surface area contributed by atoms with E-state index >= 15 is 0 Å².